The molecule has 1 atom stereocenters. The molecule has 0 bridgehead atoms. The summed E-state index contributed by atoms with van der Waals surface area (Å²) in [4.78, 5) is 5.74. The van der Waals surface area contributed by atoms with Gasteiger partial charge in [-0.25, -0.2) is 0 Å². The first-order valence-electron chi connectivity index (χ1n) is 7.57. The summed E-state index contributed by atoms with van der Waals surface area (Å²) in [5.74, 6) is 0. The normalized spacial score (nSPS) is 24.3. The number of benzene rings is 1. The first kappa shape index (κ1) is 14.0. The van der Waals surface area contributed by atoms with E-state index in [1.807, 2.05) is 6.07 Å². The molecule has 1 aromatic rings. The molecule has 0 aliphatic carbocycles. The molecule has 0 spiro atoms. The van der Waals surface area contributed by atoms with Crippen LogP contribution in [0.5, 0.6) is 0 Å². The van der Waals surface area contributed by atoms with Gasteiger partial charge in [0.05, 0.1) is 0 Å². The summed E-state index contributed by atoms with van der Waals surface area (Å²) in [5.41, 5.74) is 8.01. The summed E-state index contributed by atoms with van der Waals surface area (Å²) in [7, 11) is 0. The molecule has 2 fully saturated rings. The van der Waals surface area contributed by atoms with Gasteiger partial charge in [-0.2, -0.15) is 0 Å². The Kier molecular flexibility index (Phi) is 4.34. The molecule has 3 nitrogen and oxygen atoms in total. The van der Waals surface area contributed by atoms with Crippen molar-refractivity contribution in [3.8, 4) is 0 Å². The molecule has 2 heterocycles. The van der Waals surface area contributed by atoms with E-state index >= 15 is 0 Å². The second-order valence-electron chi connectivity index (χ2n) is 5.99. The highest BCUT2D eigenvalue weighted by atomic mass is 32.1. The van der Waals surface area contributed by atoms with Crippen LogP contribution in [0.25, 0.3) is 0 Å². The van der Waals surface area contributed by atoms with E-state index in [4.69, 9.17) is 18.0 Å². The topological polar surface area (TPSA) is 32.5 Å². The van der Waals surface area contributed by atoms with Gasteiger partial charge in [0, 0.05) is 37.8 Å². The minimum atomic E-state index is 0.490. The molecule has 2 saturated heterocycles. The van der Waals surface area contributed by atoms with E-state index in [1.165, 1.54) is 51.0 Å². The fourth-order valence-corrected chi connectivity index (χ4v) is 3.57. The average Bonchev–Trinajstić information content (AvgIpc) is 2.47. The molecule has 1 aromatic carbocycles. The predicted molar refractivity (Wildman–Crippen MR) is 86.8 cm³/mol. The van der Waals surface area contributed by atoms with Crippen molar-refractivity contribution in [1.29, 1.82) is 0 Å². The third kappa shape index (κ3) is 3.19. The van der Waals surface area contributed by atoms with Gasteiger partial charge in [0.1, 0.15) is 4.99 Å². The molecule has 20 heavy (non-hydrogen) atoms. The van der Waals surface area contributed by atoms with Gasteiger partial charge in [0.25, 0.3) is 0 Å². The minimum absolute atomic E-state index is 0.490. The van der Waals surface area contributed by atoms with Crippen LogP contribution in [0.3, 0.4) is 0 Å². The van der Waals surface area contributed by atoms with E-state index in [2.05, 4.69) is 28.0 Å². The Bertz CT molecular complexity index is 488. The van der Waals surface area contributed by atoms with Crippen LogP contribution >= 0.6 is 12.2 Å². The molecular formula is C16H23N3S. The second kappa shape index (κ2) is 6.20. The lowest BCUT2D eigenvalue weighted by atomic mass is 9.99. The average molecular weight is 289 g/mol. The molecule has 1 unspecified atom stereocenters. The molecule has 4 heteroatoms. The Hall–Kier alpha value is -0.970. The quantitative estimate of drug-likeness (QED) is 0.863. The molecule has 2 N–H and O–H groups in total. The summed E-state index contributed by atoms with van der Waals surface area (Å²) < 4.78 is 0. The summed E-state index contributed by atoms with van der Waals surface area (Å²) >= 11 is 5.06. The van der Waals surface area contributed by atoms with Crippen LogP contribution in [0.15, 0.2) is 24.3 Å². The van der Waals surface area contributed by atoms with Crippen LogP contribution in [0.4, 0.5) is 0 Å². The zero-order chi connectivity index (χ0) is 13.9. The molecule has 2 aliphatic rings. The summed E-state index contributed by atoms with van der Waals surface area (Å²) in [6.45, 7) is 5.92. The number of piperidine rings is 1. The molecule has 0 saturated carbocycles. The maximum absolute atomic E-state index is 5.71. The van der Waals surface area contributed by atoms with Crippen molar-refractivity contribution < 1.29 is 0 Å². The second-order valence-corrected chi connectivity index (χ2v) is 6.43. The van der Waals surface area contributed by atoms with Crippen molar-refractivity contribution in [3.63, 3.8) is 0 Å². The van der Waals surface area contributed by atoms with Crippen LogP contribution < -0.4 is 5.73 Å². The van der Waals surface area contributed by atoms with Gasteiger partial charge >= 0.3 is 0 Å². The van der Waals surface area contributed by atoms with Crippen molar-refractivity contribution in [3.05, 3.63) is 35.4 Å². The van der Waals surface area contributed by atoms with Gasteiger partial charge in [-0.1, -0.05) is 36.8 Å². The number of thiocarbonyl (C=S) groups is 1. The third-order valence-electron chi connectivity index (χ3n) is 4.54. The van der Waals surface area contributed by atoms with Gasteiger partial charge in [-0.05, 0) is 31.0 Å². The summed E-state index contributed by atoms with van der Waals surface area (Å²) in [6.07, 6.45) is 4.14. The smallest absolute Gasteiger partial charge is 0.103 e. The monoisotopic (exact) mass is 289 g/mol. The highest BCUT2D eigenvalue weighted by molar-refractivity contribution is 7.80. The highest BCUT2D eigenvalue weighted by Gasteiger charge is 2.28. The highest BCUT2D eigenvalue weighted by Crippen LogP contribution is 2.22. The van der Waals surface area contributed by atoms with Gasteiger partial charge in [-0.15, -0.1) is 0 Å². The number of fused-ring (bicyclic) bond motifs is 1. The third-order valence-corrected chi connectivity index (χ3v) is 4.77. The van der Waals surface area contributed by atoms with Gasteiger partial charge in [-0.3, -0.25) is 9.80 Å². The Labute approximate surface area is 126 Å². The van der Waals surface area contributed by atoms with Crippen LogP contribution in [0.2, 0.25) is 0 Å². The molecule has 2 aliphatic heterocycles. The molecule has 0 radical (unpaired) electrons. The van der Waals surface area contributed by atoms with E-state index < -0.39 is 0 Å². The Morgan fingerprint density at radius 1 is 1.25 bits per heavy atom. The largest absolute Gasteiger partial charge is 0.389 e. The standard InChI is InChI=1S/C16H23N3S/c17-16(20)14-5-3-4-13(10-14)11-18-8-9-19-7-2-1-6-15(19)12-18/h3-5,10,15H,1-2,6-9,11-12H2,(H2,17,20). The lowest BCUT2D eigenvalue weighted by Crippen LogP contribution is -2.54. The SMILES string of the molecule is NC(=S)c1cccc(CN2CCN3CCCCC3C2)c1. The molecule has 3 rings (SSSR count). The predicted octanol–water partition coefficient (Wildman–Crippen LogP) is 1.99. The van der Waals surface area contributed by atoms with E-state index in [-0.39, 0.29) is 0 Å². The molecule has 0 amide bonds. The molecule has 0 aromatic heterocycles. The van der Waals surface area contributed by atoms with Crippen molar-refractivity contribution >= 4 is 17.2 Å². The van der Waals surface area contributed by atoms with E-state index in [0.29, 0.717) is 4.99 Å². The molecular weight excluding hydrogens is 266 g/mol. The maximum Gasteiger partial charge on any atom is 0.103 e. The van der Waals surface area contributed by atoms with Crippen molar-refractivity contribution in [2.75, 3.05) is 26.2 Å². The van der Waals surface area contributed by atoms with E-state index in [0.717, 1.165) is 18.2 Å². The summed E-state index contributed by atoms with van der Waals surface area (Å²) in [5, 5.41) is 0. The van der Waals surface area contributed by atoms with Gasteiger partial charge in [0.2, 0.25) is 0 Å². The van der Waals surface area contributed by atoms with Crippen molar-refractivity contribution in [2.24, 2.45) is 5.73 Å². The zero-order valence-electron chi connectivity index (χ0n) is 11.9. The first-order chi connectivity index (χ1) is 9.72. The number of piperazine rings is 1. The van der Waals surface area contributed by atoms with Crippen LogP contribution in [-0.2, 0) is 6.54 Å². The van der Waals surface area contributed by atoms with E-state index in [1.54, 1.807) is 0 Å². The number of hydrogen-bond acceptors (Lipinski definition) is 3. The Morgan fingerprint density at radius 2 is 2.15 bits per heavy atom. The lowest BCUT2D eigenvalue weighted by molar-refractivity contribution is 0.0457. The maximum atomic E-state index is 5.71. The van der Waals surface area contributed by atoms with Crippen LogP contribution in [-0.4, -0.2) is 47.0 Å². The minimum Gasteiger partial charge on any atom is -0.389 e. The zero-order valence-corrected chi connectivity index (χ0v) is 12.7. The fraction of sp³-hybridized carbons (Fsp3) is 0.562. The van der Waals surface area contributed by atoms with Crippen molar-refractivity contribution in [1.82, 2.24) is 9.80 Å². The van der Waals surface area contributed by atoms with Crippen LogP contribution in [0.1, 0.15) is 30.4 Å². The van der Waals surface area contributed by atoms with Gasteiger partial charge < -0.3 is 5.73 Å². The Balaban J connectivity index is 1.63. The lowest BCUT2D eigenvalue weighted by Gasteiger charge is -2.44. The number of hydrogen-bond donors (Lipinski definition) is 1. The Morgan fingerprint density at radius 3 is 3.00 bits per heavy atom. The van der Waals surface area contributed by atoms with E-state index in [9.17, 15) is 0 Å². The van der Waals surface area contributed by atoms with Crippen LogP contribution in [0, 0.1) is 0 Å². The van der Waals surface area contributed by atoms with Gasteiger partial charge in [0.15, 0.2) is 0 Å². The fourth-order valence-electron chi connectivity index (χ4n) is 3.45. The summed E-state index contributed by atoms with van der Waals surface area (Å²) in [6, 6.07) is 9.13. The first-order valence-corrected chi connectivity index (χ1v) is 7.98. The molecule has 108 valence electrons. The number of nitrogens with two attached hydrogens (primary N) is 1. The van der Waals surface area contributed by atoms with Crippen molar-refractivity contribution in [2.45, 2.75) is 31.8 Å². The number of rotatable bonds is 3. The number of nitrogens with zero attached hydrogens (tertiary/aromatic N) is 2.